The van der Waals surface area contributed by atoms with Crippen LogP contribution < -0.4 is 5.32 Å². The molecule has 0 aliphatic carbocycles. The Labute approximate surface area is 124 Å². The molecule has 0 saturated heterocycles. The average Bonchev–Trinajstić information content (AvgIpc) is 2.94. The number of nitrogens with one attached hydrogen (secondary N) is 1. The van der Waals surface area contributed by atoms with E-state index in [-0.39, 0.29) is 17.5 Å². The highest BCUT2D eigenvalue weighted by atomic mass is 32.2. The van der Waals surface area contributed by atoms with Crippen LogP contribution in [0.5, 0.6) is 0 Å². The molecule has 1 amide bonds. The molecule has 0 spiro atoms. The van der Waals surface area contributed by atoms with E-state index in [4.69, 9.17) is 4.74 Å². The van der Waals surface area contributed by atoms with E-state index in [0.717, 1.165) is 0 Å². The Bertz CT molecular complexity index is 607. The smallest absolute Gasteiger partial charge is 0.230 e. The molecule has 0 radical (unpaired) electrons. The molecule has 9 heteroatoms. The van der Waals surface area contributed by atoms with Crippen molar-refractivity contribution in [2.45, 2.75) is 5.16 Å². The van der Waals surface area contributed by atoms with Gasteiger partial charge in [-0.1, -0.05) is 17.8 Å². The molecule has 0 unspecified atom stereocenters. The van der Waals surface area contributed by atoms with Gasteiger partial charge in [0.25, 0.3) is 0 Å². The Morgan fingerprint density at radius 1 is 1.52 bits per heavy atom. The van der Waals surface area contributed by atoms with E-state index in [1.54, 1.807) is 19.2 Å². The predicted molar refractivity (Wildman–Crippen MR) is 74.7 cm³/mol. The molecule has 112 valence electrons. The third-order valence-electron chi connectivity index (χ3n) is 2.45. The van der Waals surface area contributed by atoms with Gasteiger partial charge in [0.1, 0.15) is 5.82 Å². The molecule has 1 aromatic heterocycles. The molecule has 21 heavy (non-hydrogen) atoms. The highest BCUT2D eigenvalue weighted by Gasteiger charge is 2.11. The molecule has 2 rings (SSSR count). The Kier molecular flexibility index (Phi) is 5.64. The van der Waals surface area contributed by atoms with E-state index in [1.807, 2.05) is 0 Å². The van der Waals surface area contributed by atoms with Crippen LogP contribution in [0, 0.1) is 5.82 Å². The van der Waals surface area contributed by atoms with Crippen LogP contribution in [0.4, 0.5) is 4.39 Å². The van der Waals surface area contributed by atoms with E-state index in [0.29, 0.717) is 24.0 Å². The standard InChI is InChI=1S/C12H14FN5O2S/c1-20-6-5-14-11(19)8-21-12-15-16-17-18(12)10-4-2-3-9(13)7-10/h2-4,7H,5-6,8H2,1H3,(H,14,19). The lowest BCUT2D eigenvalue weighted by Gasteiger charge is -2.05. The number of halogens is 1. The number of rotatable bonds is 7. The molecule has 0 atom stereocenters. The van der Waals surface area contributed by atoms with Crippen molar-refractivity contribution in [3.8, 4) is 5.69 Å². The summed E-state index contributed by atoms with van der Waals surface area (Å²) in [6.07, 6.45) is 0. The molecular formula is C12H14FN5O2S. The normalized spacial score (nSPS) is 10.6. The Morgan fingerprint density at radius 2 is 2.38 bits per heavy atom. The van der Waals surface area contributed by atoms with Gasteiger partial charge in [0.05, 0.1) is 18.0 Å². The lowest BCUT2D eigenvalue weighted by molar-refractivity contribution is -0.118. The number of methoxy groups -OCH3 is 1. The van der Waals surface area contributed by atoms with E-state index in [9.17, 15) is 9.18 Å². The summed E-state index contributed by atoms with van der Waals surface area (Å²) in [5.41, 5.74) is 0.502. The maximum atomic E-state index is 13.2. The van der Waals surface area contributed by atoms with Gasteiger partial charge in [-0.2, -0.15) is 4.68 Å². The molecule has 0 aliphatic rings. The van der Waals surface area contributed by atoms with Gasteiger partial charge in [0.2, 0.25) is 11.1 Å². The number of carbonyl (C=O) groups is 1. The van der Waals surface area contributed by atoms with Crippen LogP contribution in [-0.4, -0.2) is 52.1 Å². The summed E-state index contributed by atoms with van der Waals surface area (Å²) in [6, 6.07) is 5.91. The van der Waals surface area contributed by atoms with Crippen molar-refractivity contribution in [3.63, 3.8) is 0 Å². The van der Waals surface area contributed by atoms with Gasteiger partial charge in [-0.05, 0) is 28.6 Å². The third kappa shape index (κ3) is 4.50. The van der Waals surface area contributed by atoms with Gasteiger partial charge in [-0.15, -0.1) is 5.10 Å². The fourth-order valence-electron chi connectivity index (χ4n) is 1.51. The van der Waals surface area contributed by atoms with Gasteiger partial charge >= 0.3 is 0 Å². The SMILES string of the molecule is COCCNC(=O)CSc1nnnn1-c1cccc(F)c1. The second kappa shape index (κ2) is 7.70. The minimum Gasteiger partial charge on any atom is -0.383 e. The molecule has 0 fully saturated rings. The van der Waals surface area contributed by atoms with E-state index < -0.39 is 0 Å². The Hall–Kier alpha value is -2.00. The maximum absolute atomic E-state index is 13.2. The fraction of sp³-hybridized carbons (Fsp3) is 0.333. The van der Waals surface area contributed by atoms with Gasteiger partial charge in [-0.3, -0.25) is 4.79 Å². The zero-order chi connectivity index (χ0) is 15.1. The number of tetrazole rings is 1. The summed E-state index contributed by atoms with van der Waals surface area (Å²) >= 11 is 1.17. The van der Waals surface area contributed by atoms with Gasteiger partial charge in [0, 0.05) is 13.7 Å². The number of thioether (sulfide) groups is 1. The summed E-state index contributed by atoms with van der Waals surface area (Å²) in [6.45, 7) is 0.905. The number of amides is 1. The highest BCUT2D eigenvalue weighted by molar-refractivity contribution is 7.99. The van der Waals surface area contributed by atoms with Gasteiger partial charge in [0.15, 0.2) is 0 Å². The largest absolute Gasteiger partial charge is 0.383 e. The number of hydrogen-bond donors (Lipinski definition) is 1. The quantitative estimate of drug-likeness (QED) is 0.597. The van der Waals surface area contributed by atoms with Crippen LogP contribution in [-0.2, 0) is 9.53 Å². The van der Waals surface area contributed by atoms with Crippen molar-refractivity contribution in [1.29, 1.82) is 0 Å². The zero-order valence-electron chi connectivity index (χ0n) is 11.3. The van der Waals surface area contributed by atoms with Crippen molar-refractivity contribution in [3.05, 3.63) is 30.1 Å². The van der Waals surface area contributed by atoms with Crippen LogP contribution in [0.1, 0.15) is 0 Å². The van der Waals surface area contributed by atoms with Crippen molar-refractivity contribution in [2.24, 2.45) is 0 Å². The van der Waals surface area contributed by atoms with Crippen LogP contribution in [0.2, 0.25) is 0 Å². The van der Waals surface area contributed by atoms with E-state index in [2.05, 4.69) is 20.8 Å². The number of hydrogen-bond acceptors (Lipinski definition) is 6. The zero-order valence-corrected chi connectivity index (χ0v) is 12.1. The number of benzene rings is 1. The summed E-state index contributed by atoms with van der Waals surface area (Å²) in [7, 11) is 1.56. The topological polar surface area (TPSA) is 81.9 Å². The molecule has 1 aromatic carbocycles. The monoisotopic (exact) mass is 311 g/mol. The van der Waals surface area contributed by atoms with Crippen LogP contribution >= 0.6 is 11.8 Å². The first-order valence-corrected chi connectivity index (χ1v) is 7.12. The fourth-order valence-corrected chi connectivity index (χ4v) is 2.23. The number of carbonyl (C=O) groups excluding carboxylic acids is 1. The summed E-state index contributed by atoms with van der Waals surface area (Å²) in [5.74, 6) is -0.360. The predicted octanol–water partition coefficient (Wildman–Crippen LogP) is 0.656. The van der Waals surface area contributed by atoms with E-state index >= 15 is 0 Å². The molecule has 0 bridgehead atoms. The molecular weight excluding hydrogens is 297 g/mol. The van der Waals surface area contributed by atoms with Gasteiger partial charge in [-0.25, -0.2) is 4.39 Å². The summed E-state index contributed by atoms with van der Waals surface area (Å²) < 4.78 is 19.4. The van der Waals surface area contributed by atoms with Crippen molar-refractivity contribution in [1.82, 2.24) is 25.5 Å². The van der Waals surface area contributed by atoms with Crippen LogP contribution in [0.15, 0.2) is 29.4 Å². The number of nitrogens with zero attached hydrogens (tertiary/aromatic N) is 4. The molecule has 7 nitrogen and oxygen atoms in total. The molecule has 1 N–H and O–H groups in total. The van der Waals surface area contributed by atoms with Crippen molar-refractivity contribution < 1.29 is 13.9 Å². The molecule has 1 heterocycles. The molecule has 2 aromatic rings. The van der Waals surface area contributed by atoms with E-state index in [1.165, 1.54) is 28.6 Å². The average molecular weight is 311 g/mol. The Morgan fingerprint density at radius 3 is 3.14 bits per heavy atom. The number of aromatic nitrogens is 4. The molecule has 0 aliphatic heterocycles. The third-order valence-corrected chi connectivity index (χ3v) is 3.37. The first kappa shape index (κ1) is 15.4. The minimum absolute atomic E-state index is 0.147. The second-order valence-corrected chi connectivity index (χ2v) is 4.93. The highest BCUT2D eigenvalue weighted by Crippen LogP contribution is 2.18. The number of ether oxygens (including phenoxy) is 1. The van der Waals surface area contributed by atoms with Gasteiger partial charge < -0.3 is 10.1 Å². The first-order chi connectivity index (χ1) is 10.2. The molecule has 0 saturated carbocycles. The lowest BCUT2D eigenvalue weighted by Crippen LogP contribution is -2.28. The minimum atomic E-state index is -0.378. The van der Waals surface area contributed by atoms with Crippen molar-refractivity contribution in [2.75, 3.05) is 26.0 Å². The van der Waals surface area contributed by atoms with Crippen LogP contribution in [0.25, 0.3) is 5.69 Å². The summed E-state index contributed by atoms with van der Waals surface area (Å²) in [5, 5.41) is 14.3. The summed E-state index contributed by atoms with van der Waals surface area (Å²) in [4.78, 5) is 11.6. The first-order valence-electron chi connectivity index (χ1n) is 6.13. The van der Waals surface area contributed by atoms with Crippen molar-refractivity contribution >= 4 is 17.7 Å². The maximum Gasteiger partial charge on any atom is 0.230 e. The Balaban J connectivity index is 1.96. The second-order valence-electron chi connectivity index (χ2n) is 3.98. The lowest BCUT2D eigenvalue weighted by atomic mass is 10.3. The van der Waals surface area contributed by atoms with Crippen LogP contribution in [0.3, 0.4) is 0 Å².